The van der Waals surface area contributed by atoms with E-state index in [9.17, 15) is 23.4 Å². The molecular weight excluding hydrogens is 336 g/mol. The third-order valence-corrected chi connectivity index (χ3v) is 5.56. The lowest BCUT2D eigenvalue weighted by Crippen LogP contribution is -2.30. The van der Waals surface area contributed by atoms with E-state index in [1.165, 1.54) is 0 Å². The van der Waals surface area contributed by atoms with Crippen molar-refractivity contribution in [1.82, 2.24) is 0 Å². The molecule has 3 unspecified atom stereocenters. The van der Waals surface area contributed by atoms with Crippen molar-refractivity contribution in [3.63, 3.8) is 0 Å². The molecule has 1 aliphatic heterocycles. The normalized spacial score (nSPS) is 27.1. The highest BCUT2D eigenvalue weighted by Gasteiger charge is 2.44. The SMILES string of the molecule is O=C(O)C(c1ccc(Br)cc1)C1CS(=O)(=O)CC1O. The Morgan fingerprint density at radius 1 is 1.26 bits per heavy atom. The molecule has 0 aliphatic carbocycles. The molecule has 1 aliphatic rings. The molecule has 1 heterocycles. The van der Waals surface area contributed by atoms with Crippen LogP contribution in [0.1, 0.15) is 11.5 Å². The molecule has 3 atom stereocenters. The Balaban J connectivity index is 2.36. The van der Waals surface area contributed by atoms with Crippen LogP contribution in [0.25, 0.3) is 0 Å². The standard InChI is InChI=1S/C12H13BrO5S/c13-8-3-1-7(2-4-8)11(12(15)16)9-5-19(17,18)6-10(9)14/h1-4,9-11,14H,5-6H2,(H,15,16). The van der Waals surface area contributed by atoms with Gasteiger partial charge in [0.25, 0.3) is 0 Å². The topological polar surface area (TPSA) is 91.7 Å². The molecule has 2 N–H and O–H groups in total. The summed E-state index contributed by atoms with van der Waals surface area (Å²) < 4.78 is 23.8. The van der Waals surface area contributed by atoms with Crippen LogP contribution in [0.5, 0.6) is 0 Å². The first-order chi connectivity index (χ1) is 8.80. The molecule has 1 aromatic carbocycles. The third kappa shape index (κ3) is 3.16. The summed E-state index contributed by atoms with van der Waals surface area (Å²) in [5.41, 5.74) is 0.497. The molecule has 0 aromatic heterocycles. The van der Waals surface area contributed by atoms with Crippen LogP contribution in [0.15, 0.2) is 28.7 Å². The van der Waals surface area contributed by atoms with Crippen LogP contribution in [0, 0.1) is 5.92 Å². The van der Waals surface area contributed by atoms with Gasteiger partial charge in [-0.1, -0.05) is 28.1 Å². The maximum absolute atomic E-state index is 11.5. The van der Waals surface area contributed by atoms with Gasteiger partial charge in [-0.3, -0.25) is 4.79 Å². The summed E-state index contributed by atoms with van der Waals surface area (Å²) in [6.45, 7) is 0. The maximum atomic E-state index is 11.5. The van der Waals surface area contributed by atoms with E-state index in [0.29, 0.717) is 5.56 Å². The number of aliphatic hydroxyl groups is 1. The lowest BCUT2D eigenvalue weighted by atomic mass is 9.84. The van der Waals surface area contributed by atoms with Crippen LogP contribution in [0.3, 0.4) is 0 Å². The zero-order valence-electron chi connectivity index (χ0n) is 9.86. The van der Waals surface area contributed by atoms with Gasteiger partial charge in [0.05, 0.1) is 23.5 Å². The van der Waals surface area contributed by atoms with Gasteiger partial charge in [-0.2, -0.15) is 0 Å². The number of hydrogen-bond acceptors (Lipinski definition) is 4. The summed E-state index contributed by atoms with van der Waals surface area (Å²) in [5.74, 6) is -3.59. The van der Waals surface area contributed by atoms with Crippen LogP contribution in [-0.2, 0) is 14.6 Å². The second-order valence-electron chi connectivity index (χ2n) is 4.68. The minimum atomic E-state index is -3.36. The number of carbonyl (C=O) groups is 1. The molecule has 0 bridgehead atoms. The van der Waals surface area contributed by atoms with Gasteiger partial charge in [-0.15, -0.1) is 0 Å². The van der Waals surface area contributed by atoms with Gasteiger partial charge < -0.3 is 10.2 Å². The van der Waals surface area contributed by atoms with Crippen LogP contribution >= 0.6 is 15.9 Å². The Hall–Kier alpha value is -0.920. The fourth-order valence-electron chi connectivity index (χ4n) is 2.42. The van der Waals surface area contributed by atoms with Crippen LogP contribution in [0.2, 0.25) is 0 Å². The van der Waals surface area contributed by atoms with E-state index in [2.05, 4.69) is 15.9 Å². The third-order valence-electron chi connectivity index (χ3n) is 3.29. The van der Waals surface area contributed by atoms with E-state index >= 15 is 0 Å². The van der Waals surface area contributed by atoms with Gasteiger partial charge in [0.1, 0.15) is 0 Å². The average molecular weight is 349 g/mol. The Morgan fingerprint density at radius 2 is 1.84 bits per heavy atom. The van der Waals surface area contributed by atoms with E-state index in [1.807, 2.05) is 0 Å². The minimum absolute atomic E-state index is 0.290. The molecule has 1 saturated heterocycles. The van der Waals surface area contributed by atoms with E-state index in [4.69, 9.17) is 0 Å². The second kappa shape index (κ2) is 5.22. The van der Waals surface area contributed by atoms with Crippen molar-refractivity contribution in [2.24, 2.45) is 5.92 Å². The van der Waals surface area contributed by atoms with Crippen molar-refractivity contribution in [2.45, 2.75) is 12.0 Å². The summed E-state index contributed by atoms with van der Waals surface area (Å²) in [5, 5.41) is 19.1. The summed E-state index contributed by atoms with van der Waals surface area (Å²) in [6.07, 6.45) is -1.13. The van der Waals surface area contributed by atoms with E-state index in [-0.39, 0.29) is 11.5 Å². The Bertz CT molecular complexity index is 581. The Labute approximate surface area is 119 Å². The minimum Gasteiger partial charge on any atom is -0.481 e. The lowest BCUT2D eigenvalue weighted by Gasteiger charge is -2.21. The summed E-state index contributed by atoms with van der Waals surface area (Å²) in [7, 11) is -3.36. The monoisotopic (exact) mass is 348 g/mol. The van der Waals surface area contributed by atoms with E-state index in [1.54, 1.807) is 24.3 Å². The number of carboxylic acids is 1. The largest absolute Gasteiger partial charge is 0.481 e. The van der Waals surface area contributed by atoms with Crippen LogP contribution in [-0.4, -0.2) is 42.2 Å². The van der Waals surface area contributed by atoms with Crippen molar-refractivity contribution in [3.05, 3.63) is 34.3 Å². The number of rotatable bonds is 3. The fraction of sp³-hybridized carbons (Fsp3) is 0.417. The molecule has 0 saturated carbocycles. The van der Waals surface area contributed by atoms with Crippen molar-refractivity contribution in [3.8, 4) is 0 Å². The number of hydrogen-bond donors (Lipinski definition) is 2. The van der Waals surface area contributed by atoms with Crippen molar-refractivity contribution in [1.29, 1.82) is 0 Å². The molecule has 7 heteroatoms. The zero-order chi connectivity index (χ0) is 14.2. The summed E-state index contributed by atoms with van der Waals surface area (Å²) >= 11 is 3.25. The first-order valence-electron chi connectivity index (χ1n) is 5.67. The molecule has 5 nitrogen and oxygen atoms in total. The first-order valence-corrected chi connectivity index (χ1v) is 8.28. The van der Waals surface area contributed by atoms with Gasteiger partial charge >= 0.3 is 5.97 Å². The first kappa shape index (κ1) is 14.5. The molecule has 104 valence electrons. The quantitative estimate of drug-likeness (QED) is 0.850. The van der Waals surface area contributed by atoms with E-state index < -0.39 is 33.7 Å². The highest BCUT2D eigenvalue weighted by Crippen LogP contribution is 2.34. The van der Waals surface area contributed by atoms with Crippen molar-refractivity contribution >= 4 is 31.7 Å². The zero-order valence-corrected chi connectivity index (χ0v) is 12.3. The molecule has 2 rings (SSSR count). The van der Waals surface area contributed by atoms with Crippen LogP contribution < -0.4 is 0 Å². The second-order valence-corrected chi connectivity index (χ2v) is 7.75. The number of carboxylic acid groups (broad SMARTS) is 1. The van der Waals surface area contributed by atoms with Gasteiger partial charge in [-0.25, -0.2) is 8.42 Å². The number of halogens is 1. The summed E-state index contributed by atoms with van der Waals surface area (Å²) in [4.78, 5) is 11.4. The molecule has 1 fully saturated rings. The number of aliphatic carboxylic acids is 1. The number of aliphatic hydroxyl groups excluding tert-OH is 1. The van der Waals surface area contributed by atoms with Gasteiger partial charge in [0, 0.05) is 10.4 Å². The van der Waals surface area contributed by atoms with Gasteiger partial charge in [0.15, 0.2) is 9.84 Å². The molecule has 0 radical (unpaired) electrons. The Kier molecular flexibility index (Phi) is 3.98. The molecule has 1 aromatic rings. The van der Waals surface area contributed by atoms with Crippen molar-refractivity contribution in [2.75, 3.05) is 11.5 Å². The highest BCUT2D eigenvalue weighted by atomic mass is 79.9. The molecular formula is C12H13BrO5S. The van der Waals surface area contributed by atoms with E-state index in [0.717, 1.165) is 4.47 Å². The fourth-order valence-corrected chi connectivity index (χ4v) is 4.59. The van der Waals surface area contributed by atoms with Gasteiger partial charge in [-0.05, 0) is 17.7 Å². The Morgan fingerprint density at radius 3 is 2.26 bits per heavy atom. The van der Waals surface area contributed by atoms with Crippen molar-refractivity contribution < 1.29 is 23.4 Å². The predicted molar refractivity (Wildman–Crippen MR) is 72.7 cm³/mol. The highest BCUT2D eigenvalue weighted by molar-refractivity contribution is 9.10. The number of benzene rings is 1. The van der Waals surface area contributed by atoms with Gasteiger partial charge in [0.2, 0.25) is 0 Å². The lowest BCUT2D eigenvalue weighted by molar-refractivity contribution is -0.140. The van der Waals surface area contributed by atoms with Crippen LogP contribution in [0.4, 0.5) is 0 Å². The smallest absolute Gasteiger partial charge is 0.311 e. The molecule has 0 spiro atoms. The summed E-state index contributed by atoms with van der Waals surface area (Å²) in [6, 6.07) is 6.64. The predicted octanol–water partition coefficient (Wildman–Crippen LogP) is 1.02. The molecule has 19 heavy (non-hydrogen) atoms. The molecule has 0 amide bonds. The average Bonchev–Trinajstić information content (AvgIpc) is 2.55. The number of sulfone groups is 1. The maximum Gasteiger partial charge on any atom is 0.311 e.